The first-order valence-corrected chi connectivity index (χ1v) is 9.75. The molecule has 0 radical (unpaired) electrons. The summed E-state index contributed by atoms with van der Waals surface area (Å²) in [6.07, 6.45) is 5.33. The predicted octanol–water partition coefficient (Wildman–Crippen LogP) is 2.29. The smallest absolute Gasteiger partial charge is 0.191 e. The molecule has 0 fully saturated rings. The maximum absolute atomic E-state index is 10.7. The van der Waals surface area contributed by atoms with Gasteiger partial charge in [-0.15, -0.1) is 0 Å². The van der Waals surface area contributed by atoms with Crippen molar-refractivity contribution in [2.45, 2.75) is 26.0 Å². The Labute approximate surface area is 162 Å². The molecule has 3 rings (SSSR count). The van der Waals surface area contributed by atoms with E-state index >= 15 is 0 Å². The lowest BCUT2D eigenvalue weighted by Gasteiger charge is -2.24. The lowest BCUT2D eigenvalue weighted by molar-refractivity contribution is 0.0621. The minimum absolute atomic E-state index is 0.366. The van der Waals surface area contributed by atoms with Gasteiger partial charge in [0.2, 0.25) is 0 Å². The normalized spacial score (nSPS) is 14.0. The molecule has 0 saturated heterocycles. The molecule has 0 spiro atoms. The fraction of sp³-hybridized carbons (Fsp3) is 0.316. The second kappa shape index (κ2) is 8.79. The first kappa shape index (κ1) is 19.1. The molecule has 27 heavy (non-hydrogen) atoms. The number of thiophene rings is 1. The zero-order valence-corrected chi connectivity index (χ0v) is 16.3. The molecular weight excluding hydrogens is 360 g/mol. The summed E-state index contributed by atoms with van der Waals surface area (Å²) >= 11 is 1.57. The number of aromatic nitrogens is 3. The molecule has 1 unspecified atom stereocenters. The first-order valence-electron chi connectivity index (χ1n) is 8.80. The van der Waals surface area contributed by atoms with Crippen molar-refractivity contribution in [3.05, 3.63) is 64.7 Å². The van der Waals surface area contributed by atoms with E-state index in [0.717, 1.165) is 23.5 Å². The second-order valence-corrected chi connectivity index (χ2v) is 7.09. The molecule has 3 aromatic heterocycles. The van der Waals surface area contributed by atoms with Crippen molar-refractivity contribution in [2.24, 2.45) is 4.99 Å². The zero-order chi connectivity index (χ0) is 19.1. The molecule has 7 nitrogen and oxygen atoms in total. The van der Waals surface area contributed by atoms with E-state index < -0.39 is 5.60 Å². The van der Waals surface area contributed by atoms with Crippen molar-refractivity contribution >= 4 is 17.3 Å². The Morgan fingerprint density at radius 2 is 2.22 bits per heavy atom. The molecular formula is C19H24N6OS. The van der Waals surface area contributed by atoms with Crippen LogP contribution in [0.25, 0.3) is 5.82 Å². The van der Waals surface area contributed by atoms with Crippen molar-refractivity contribution < 1.29 is 5.11 Å². The predicted molar refractivity (Wildman–Crippen MR) is 108 cm³/mol. The van der Waals surface area contributed by atoms with E-state index in [0.29, 0.717) is 19.0 Å². The molecule has 0 aliphatic rings. The molecule has 3 N–H and O–H groups in total. The summed E-state index contributed by atoms with van der Waals surface area (Å²) in [4.78, 5) is 8.95. The first-order chi connectivity index (χ1) is 13.1. The van der Waals surface area contributed by atoms with Crippen molar-refractivity contribution in [1.82, 2.24) is 25.4 Å². The molecule has 0 amide bonds. The highest BCUT2D eigenvalue weighted by Gasteiger charge is 2.23. The lowest BCUT2D eigenvalue weighted by Crippen LogP contribution is -2.44. The maximum atomic E-state index is 10.7. The van der Waals surface area contributed by atoms with Gasteiger partial charge < -0.3 is 15.7 Å². The number of aliphatic imine (C=N–C) groups is 1. The summed E-state index contributed by atoms with van der Waals surface area (Å²) in [5.74, 6) is 1.41. The van der Waals surface area contributed by atoms with Gasteiger partial charge >= 0.3 is 0 Å². The molecule has 3 aromatic rings. The van der Waals surface area contributed by atoms with Crippen LogP contribution in [0.4, 0.5) is 0 Å². The fourth-order valence-electron chi connectivity index (χ4n) is 2.53. The molecule has 142 valence electrons. The third-order valence-corrected chi connectivity index (χ3v) is 4.74. The average molecular weight is 385 g/mol. The van der Waals surface area contributed by atoms with E-state index in [1.807, 2.05) is 48.1 Å². The molecule has 8 heteroatoms. The van der Waals surface area contributed by atoms with Crippen LogP contribution >= 0.6 is 11.3 Å². The third kappa shape index (κ3) is 5.15. The van der Waals surface area contributed by atoms with Crippen LogP contribution in [0.2, 0.25) is 0 Å². The zero-order valence-electron chi connectivity index (χ0n) is 15.5. The maximum Gasteiger partial charge on any atom is 0.191 e. The number of hydrogen-bond donors (Lipinski definition) is 3. The quantitative estimate of drug-likeness (QED) is 0.430. The molecule has 0 saturated carbocycles. The summed E-state index contributed by atoms with van der Waals surface area (Å²) in [7, 11) is 0. The summed E-state index contributed by atoms with van der Waals surface area (Å²) < 4.78 is 1.72. The minimum Gasteiger partial charge on any atom is -0.384 e. The molecule has 0 aromatic carbocycles. The Morgan fingerprint density at radius 1 is 1.33 bits per heavy atom. The van der Waals surface area contributed by atoms with E-state index in [2.05, 4.69) is 25.7 Å². The largest absolute Gasteiger partial charge is 0.384 e. The van der Waals surface area contributed by atoms with Crippen molar-refractivity contribution in [3.63, 3.8) is 0 Å². The van der Waals surface area contributed by atoms with Crippen LogP contribution in [-0.4, -0.2) is 38.9 Å². The van der Waals surface area contributed by atoms with Crippen LogP contribution in [0, 0.1) is 0 Å². The highest BCUT2D eigenvalue weighted by molar-refractivity contribution is 7.08. The standard InChI is InChI=1S/C19H24N6OS/c1-3-20-18(23-14-19(2,26)16-6-10-27-13-16)22-12-15-5-8-21-17(11-15)25-9-4-7-24-25/h4-11,13,26H,3,12,14H2,1-2H3,(H2,20,22,23). The van der Waals surface area contributed by atoms with Gasteiger partial charge in [0.05, 0.1) is 13.1 Å². The van der Waals surface area contributed by atoms with Crippen LogP contribution < -0.4 is 10.6 Å². The number of aliphatic hydroxyl groups is 1. The molecule has 0 bridgehead atoms. The molecule has 0 aliphatic carbocycles. The number of hydrogen-bond acceptors (Lipinski definition) is 5. The molecule has 1 atom stereocenters. The van der Waals surface area contributed by atoms with Crippen LogP contribution in [-0.2, 0) is 12.1 Å². The van der Waals surface area contributed by atoms with Crippen molar-refractivity contribution in [2.75, 3.05) is 13.1 Å². The van der Waals surface area contributed by atoms with Crippen LogP contribution in [0.5, 0.6) is 0 Å². The number of pyridine rings is 1. The van der Waals surface area contributed by atoms with Crippen molar-refractivity contribution in [3.8, 4) is 5.82 Å². The topological polar surface area (TPSA) is 87.4 Å². The van der Waals surface area contributed by atoms with Gasteiger partial charge in [-0.1, -0.05) is 0 Å². The Morgan fingerprint density at radius 3 is 2.93 bits per heavy atom. The molecule has 3 heterocycles. The monoisotopic (exact) mass is 384 g/mol. The Kier molecular flexibility index (Phi) is 6.20. The summed E-state index contributed by atoms with van der Waals surface area (Å²) in [5, 5.41) is 25.2. The Bertz CT molecular complexity index is 858. The van der Waals surface area contributed by atoms with E-state index in [9.17, 15) is 5.11 Å². The van der Waals surface area contributed by atoms with Crippen LogP contribution in [0.15, 0.2) is 58.6 Å². The van der Waals surface area contributed by atoms with Crippen molar-refractivity contribution in [1.29, 1.82) is 0 Å². The Hall–Kier alpha value is -2.71. The van der Waals surface area contributed by atoms with Crippen LogP contribution in [0.1, 0.15) is 25.0 Å². The Balaban J connectivity index is 1.66. The number of nitrogens with zero attached hydrogens (tertiary/aromatic N) is 4. The number of nitrogens with one attached hydrogen (secondary N) is 2. The van der Waals surface area contributed by atoms with E-state index in [1.165, 1.54) is 0 Å². The minimum atomic E-state index is -0.958. The van der Waals surface area contributed by atoms with Gasteiger partial charge in [0.25, 0.3) is 0 Å². The second-order valence-electron chi connectivity index (χ2n) is 6.31. The van der Waals surface area contributed by atoms with Gasteiger partial charge in [0, 0.05) is 25.1 Å². The van der Waals surface area contributed by atoms with E-state index in [-0.39, 0.29) is 0 Å². The lowest BCUT2D eigenvalue weighted by atomic mass is 9.99. The van der Waals surface area contributed by atoms with Gasteiger partial charge in [0.1, 0.15) is 5.60 Å². The van der Waals surface area contributed by atoms with E-state index in [1.54, 1.807) is 35.3 Å². The van der Waals surface area contributed by atoms with Gasteiger partial charge in [0.15, 0.2) is 11.8 Å². The van der Waals surface area contributed by atoms with Crippen LogP contribution in [0.3, 0.4) is 0 Å². The summed E-state index contributed by atoms with van der Waals surface area (Å²) in [6.45, 7) is 5.40. The third-order valence-electron chi connectivity index (χ3n) is 4.06. The summed E-state index contributed by atoms with van der Waals surface area (Å²) in [5.41, 5.74) is 0.964. The van der Waals surface area contributed by atoms with E-state index in [4.69, 9.17) is 0 Å². The number of rotatable bonds is 7. The fourth-order valence-corrected chi connectivity index (χ4v) is 3.31. The van der Waals surface area contributed by atoms with Gasteiger partial charge in [-0.3, -0.25) is 0 Å². The molecule has 0 aliphatic heterocycles. The summed E-state index contributed by atoms with van der Waals surface area (Å²) in [6, 6.07) is 7.69. The number of guanidine groups is 1. The van der Waals surface area contributed by atoms with Gasteiger partial charge in [-0.2, -0.15) is 16.4 Å². The average Bonchev–Trinajstić information content (AvgIpc) is 3.38. The highest BCUT2D eigenvalue weighted by Crippen LogP contribution is 2.21. The SMILES string of the molecule is CCNC(=NCc1ccnc(-n2cccn2)c1)NCC(C)(O)c1ccsc1. The van der Waals surface area contributed by atoms with Gasteiger partial charge in [-0.25, -0.2) is 14.7 Å². The highest BCUT2D eigenvalue weighted by atomic mass is 32.1. The van der Waals surface area contributed by atoms with Gasteiger partial charge in [-0.05, 0) is 60.0 Å².